The summed E-state index contributed by atoms with van der Waals surface area (Å²) in [5, 5.41) is 0. The topological polar surface area (TPSA) is 78.9 Å². The fourth-order valence-corrected chi connectivity index (χ4v) is 10.7. The van der Waals surface area contributed by atoms with Crippen LogP contribution in [0.5, 0.6) is 0 Å². The highest BCUT2D eigenvalue weighted by Gasteiger charge is 2.19. The minimum absolute atomic E-state index is 0.0778. The van der Waals surface area contributed by atoms with E-state index in [2.05, 4.69) is 93.7 Å². The van der Waals surface area contributed by atoms with Gasteiger partial charge in [0, 0.05) is 19.3 Å². The van der Waals surface area contributed by atoms with Gasteiger partial charge in [0.2, 0.25) is 0 Å². The quantitative estimate of drug-likeness (QED) is 0.0261. The second-order valence-corrected chi connectivity index (χ2v) is 24.5. The van der Waals surface area contributed by atoms with Crippen LogP contribution in [-0.2, 0) is 28.6 Å². The summed E-state index contributed by atoms with van der Waals surface area (Å²) in [6, 6.07) is 0. The molecule has 1 atom stereocenters. The van der Waals surface area contributed by atoms with Gasteiger partial charge in [0.25, 0.3) is 0 Å². The summed E-state index contributed by atoms with van der Waals surface area (Å²) in [5.41, 5.74) is 0. The van der Waals surface area contributed by atoms with Gasteiger partial charge in [-0.05, 0) is 116 Å². The van der Waals surface area contributed by atoms with E-state index in [9.17, 15) is 14.4 Å². The Morgan fingerprint density at radius 3 is 0.687 bits per heavy atom. The molecule has 0 amide bonds. The van der Waals surface area contributed by atoms with Crippen molar-refractivity contribution in [3.8, 4) is 0 Å². The van der Waals surface area contributed by atoms with Gasteiger partial charge in [0.1, 0.15) is 13.2 Å². The summed E-state index contributed by atoms with van der Waals surface area (Å²) in [4.78, 5) is 38.5. The Kier molecular flexibility index (Phi) is 68.6. The molecular weight excluding hydrogens is 1020 g/mol. The Labute approximate surface area is 516 Å². The third-order valence-corrected chi connectivity index (χ3v) is 16.2. The van der Waals surface area contributed by atoms with Gasteiger partial charge in [-0.15, -0.1) is 0 Å². The van der Waals surface area contributed by atoms with E-state index in [-0.39, 0.29) is 31.1 Å². The van der Waals surface area contributed by atoms with E-state index < -0.39 is 6.10 Å². The van der Waals surface area contributed by atoms with Crippen molar-refractivity contribution in [1.82, 2.24) is 0 Å². The van der Waals surface area contributed by atoms with E-state index in [1.54, 1.807) is 0 Å². The van der Waals surface area contributed by atoms with E-state index in [0.29, 0.717) is 19.3 Å². The molecule has 0 aromatic carbocycles. The van der Waals surface area contributed by atoms with Gasteiger partial charge < -0.3 is 14.2 Å². The molecule has 0 aliphatic rings. The van der Waals surface area contributed by atoms with Crippen LogP contribution in [-0.4, -0.2) is 37.2 Å². The maximum absolute atomic E-state index is 12.9. The van der Waals surface area contributed by atoms with Gasteiger partial charge in [-0.3, -0.25) is 14.4 Å². The van der Waals surface area contributed by atoms with Crippen molar-refractivity contribution >= 4 is 17.9 Å². The molecule has 0 spiro atoms. The number of unbranched alkanes of at least 4 members (excludes halogenated alkanes) is 44. The zero-order chi connectivity index (χ0) is 59.9. The SMILES string of the molecule is CCCCC/C=C\C/C=C\CCCCCCCCCC(=O)OCC(COC(=O)CCCCCCCCCCCCCCCCCCCCC/C=C\C/C=C\CCCCCCC)OC(=O)CCCCCCCCC/C=C\C/C=C\CCCCC. The average Bonchev–Trinajstić information content (AvgIpc) is 3.50. The van der Waals surface area contributed by atoms with Crippen molar-refractivity contribution in [1.29, 1.82) is 0 Å². The Balaban J connectivity index is 4.23. The monoisotopic (exact) mass is 1160 g/mol. The predicted octanol–water partition coefficient (Wildman–Crippen LogP) is 25.2. The fourth-order valence-electron chi connectivity index (χ4n) is 10.7. The summed E-state index contributed by atoms with van der Waals surface area (Å²) in [6.07, 6.45) is 93.6. The number of ether oxygens (including phenoxy) is 3. The zero-order valence-electron chi connectivity index (χ0n) is 55.5. The number of hydrogen-bond donors (Lipinski definition) is 0. The maximum atomic E-state index is 12.9. The minimum Gasteiger partial charge on any atom is -0.462 e. The largest absolute Gasteiger partial charge is 0.462 e. The summed E-state index contributed by atoms with van der Waals surface area (Å²) >= 11 is 0. The molecule has 1 unspecified atom stereocenters. The lowest BCUT2D eigenvalue weighted by atomic mass is 10.0. The lowest BCUT2D eigenvalue weighted by Crippen LogP contribution is -2.30. The van der Waals surface area contributed by atoms with Crippen LogP contribution in [0.2, 0.25) is 0 Å². The molecule has 0 aliphatic carbocycles. The molecule has 6 nitrogen and oxygen atoms in total. The Hall–Kier alpha value is -3.15. The molecule has 0 saturated heterocycles. The molecule has 83 heavy (non-hydrogen) atoms. The molecule has 0 aromatic heterocycles. The van der Waals surface area contributed by atoms with Crippen LogP contribution in [0.3, 0.4) is 0 Å². The van der Waals surface area contributed by atoms with Crippen LogP contribution < -0.4 is 0 Å². The average molecular weight is 1160 g/mol. The van der Waals surface area contributed by atoms with Crippen molar-refractivity contribution in [3.63, 3.8) is 0 Å². The summed E-state index contributed by atoms with van der Waals surface area (Å²) in [5.74, 6) is -0.872. The molecule has 0 fully saturated rings. The van der Waals surface area contributed by atoms with Crippen LogP contribution in [0.15, 0.2) is 72.9 Å². The molecule has 482 valence electrons. The molecule has 0 N–H and O–H groups in total. The first-order valence-electron chi connectivity index (χ1n) is 36.4. The highest BCUT2D eigenvalue weighted by atomic mass is 16.6. The van der Waals surface area contributed by atoms with E-state index in [1.807, 2.05) is 0 Å². The summed E-state index contributed by atoms with van der Waals surface area (Å²) in [6.45, 7) is 6.62. The summed E-state index contributed by atoms with van der Waals surface area (Å²) in [7, 11) is 0. The Morgan fingerprint density at radius 1 is 0.241 bits per heavy atom. The maximum Gasteiger partial charge on any atom is 0.306 e. The standard InChI is InChI=1S/C77H138O6/c1-4-7-10-13-16-19-22-25-28-31-32-33-34-35-36-37-38-39-40-41-42-43-44-47-49-52-55-58-61-64-67-70-76(79)82-73-74(83-77(80)71-68-65-62-59-56-53-50-46-30-27-24-21-18-15-12-9-6-3)72-81-75(78)69-66-63-60-57-54-51-48-45-29-26-23-20-17-14-11-8-5-2/h17-18,20-22,25-27,29-32,74H,4-16,19,23-24,28,33-73H2,1-3H3/b20-17-,21-18-,25-22-,29-26-,30-27-,32-31-. The van der Waals surface area contributed by atoms with E-state index in [1.165, 1.54) is 250 Å². The number of hydrogen-bond acceptors (Lipinski definition) is 6. The molecule has 0 aliphatic heterocycles. The second-order valence-electron chi connectivity index (χ2n) is 24.5. The third-order valence-electron chi connectivity index (χ3n) is 16.2. The summed E-state index contributed by atoms with van der Waals surface area (Å²) < 4.78 is 17.0. The normalized spacial score (nSPS) is 12.5. The van der Waals surface area contributed by atoms with Crippen LogP contribution in [0.4, 0.5) is 0 Å². The molecule has 6 heteroatoms. The van der Waals surface area contributed by atoms with Crippen molar-refractivity contribution in [2.24, 2.45) is 0 Å². The highest BCUT2D eigenvalue weighted by Crippen LogP contribution is 2.18. The van der Waals surface area contributed by atoms with Gasteiger partial charge in [-0.1, -0.05) is 318 Å². The van der Waals surface area contributed by atoms with Crippen molar-refractivity contribution in [2.75, 3.05) is 13.2 Å². The molecule has 0 bridgehead atoms. The first-order valence-corrected chi connectivity index (χ1v) is 36.4. The first kappa shape index (κ1) is 79.8. The van der Waals surface area contributed by atoms with Crippen LogP contribution in [0.25, 0.3) is 0 Å². The smallest absolute Gasteiger partial charge is 0.306 e. The number of rotatable bonds is 67. The van der Waals surface area contributed by atoms with Gasteiger partial charge >= 0.3 is 17.9 Å². The number of carbonyl (C=O) groups excluding carboxylic acids is 3. The molecule has 0 heterocycles. The van der Waals surface area contributed by atoms with Gasteiger partial charge in [0.15, 0.2) is 6.10 Å². The van der Waals surface area contributed by atoms with E-state index in [4.69, 9.17) is 14.2 Å². The molecule has 0 radical (unpaired) electrons. The molecule has 0 saturated carbocycles. The number of carbonyl (C=O) groups is 3. The Morgan fingerprint density at radius 2 is 0.434 bits per heavy atom. The van der Waals surface area contributed by atoms with Crippen molar-refractivity contribution < 1.29 is 28.6 Å². The molecule has 0 aromatic rings. The second kappa shape index (κ2) is 71.3. The lowest BCUT2D eigenvalue weighted by molar-refractivity contribution is -0.167. The van der Waals surface area contributed by atoms with Crippen molar-refractivity contribution in [3.05, 3.63) is 72.9 Å². The van der Waals surface area contributed by atoms with Crippen molar-refractivity contribution in [2.45, 2.75) is 386 Å². The first-order chi connectivity index (χ1) is 41.0. The fraction of sp³-hybridized carbons (Fsp3) is 0.805. The van der Waals surface area contributed by atoms with E-state index >= 15 is 0 Å². The lowest BCUT2D eigenvalue weighted by Gasteiger charge is -2.18. The number of allylic oxidation sites excluding steroid dienone is 12. The number of esters is 3. The van der Waals surface area contributed by atoms with Gasteiger partial charge in [0.05, 0.1) is 0 Å². The predicted molar refractivity (Wildman–Crippen MR) is 362 cm³/mol. The minimum atomic E-state index is -0.784. The van der Waals surface area contributed by atoms with Crippen LogP contribution in [0.1, 0.15) is 380 Å². The van der Waals surface area contributed by atoms with Gasteiger partial charge in [-0.2, -0.15) is 0 Å². The molecule has 0 rings (SSSR count). The van der Waals surface area contributed by atoms with E-state index in [0.717, 1.165) is 89.9 Å². The van der Waals surface area contributed by atoms with Crippen LogP contribution >= 0.6 is 0 Å². The zero-order valence-corrected chi connectivity index (χ0v) is 55.5. The van der Waals surface area contributed by atoms with Gasteiger partial charge in [-0.25, -0.2) is 0 Å². The Bertz CT molecular complexity index is 1520. The third kappa shape index (κ3) is 69.5. The molecular formula is C77H138O6. The van der Waals surface area contributed by atoms with Crippen LogP contribution in [0, 0.1) is 0 Å². The highest BCUT2D eigenvalue weighted by molar-refractivity contribution is 5.71.